The molecule has 2 heterocycles. The molecule has 0 N–H and O–H groups in total. The summed E-state index contributed by atoms with van der Waals surface area (Å²) in [6.45, 7) is 7.05. The first kappa shape index (κ1) is 18.9. The third kappa shape index (κ3) is 3.38. The van der Waals surface area contributed by atoms with Crippen molar-refractivity contribution in [1.29, 1.82) is 0 Å². The van der Waals surface area contributed by atoms with Crippen LogP contribution in [-0.2, 0) is 11.2 Å². The predicted octanol–water partition coefficient (Wildman–Crippen LogP) is 4.61. The van der Waals surface area contributed by atoms with Crippen LogP contribution in [0, 0.1) is 13.8 Å². The Hall–Kier alpha value is -2.43. The zero-order valence-corrected chi connectivity index (χ0v) is 17.2. The minimum absolute atomic E-state index is 0.277. The van der Waals surface area contributed by atoms with Gasteiger partial charge in [0.1, 0.15) is 0 Å². The lowest BCUT2D eigenvalue weighted by atomic mass is 9.93. The van der Waals surface area contributed by atoms with E-state index in [0.29, 0.717) is 12.5 Å². The average molecular weight is 379 g/mol. The van der Waals surface area contributed by atoms with Crippen LogP contribution >= 0.6 is 0 Å². The largest absolute Gasteiger partial charge is 0.340 e. The molecule has 5 nitrogen and oxygen atoms in total. The normalized spacial score (nSPS) is 15.4. The van der Waals surface area contributed by atoms with E-state index in [1.54, 1.807) is 0 Å². The number of nitrogens with zero attached hydrogens (tertiary/aromatic N) is 4. The van der Waals surface area contributed by atoms with Gasteiger partial charge in [-0.3, -0.25) is 4.79 Å². The molecule has 1 amide bonds. The van der Waals surface area contributed by atoms with E-state index in [1.165, 1.54) is 19.3 Å². The number of hydrogen-bond acceptors (Lipinski definition) is 3. The van der Waals surface area contributed by atoms with Gasteiger partial charge in [0.15, 0.2) is 5.65 Å². The highest BCUT2D eigenvalue weighted by molar-refractivity contribution is 5.92. The maximum Gasteiger partial charge on any atom is 0.223 e. The second-order valence-electron chi connectivity index (χ2n) is 7.99. The van der Waals surface area contributed by atoms with E-state index in [4.69, 9.17) is 10.1 Å². The van der Waals surface area contributed by atoms with Gasteiger partial charge in [-0.05, 0) is 57.7 Å². The fourth-order valence-corrected chi connectivity index (χ4v) is 4.74. The summed E-state index contributed by atoms with van der Waals surface area (Å²) in [6.07, 6.45) is 7.39. The van der Waals surface area contributed by atoms with Gasteiger partial charge in [0.05, 0.1) is 5.52 Å². The van der Waals surface area contributed by atoms with E-state index in [1.807, 2.05) is 29.6 Å². The van der Waals surface area contributed by atoms with Gasteiger partial charge in [0, 0.05) is 35.8 Å². The monoisotopic (exact) mass is 378 g/mol. The first-order valence-electron chi connectivity index (χ1n) is 10.6. The Morgan fingerprint density at radius 3 is 2.68 bits per heavy atom. The molecule has 28 heavy (non-hydrogen) atoms. The number of aromatic nitrogens is 3. The van der Waals surface area contributed by atoms with Gasteiger partial charge in [0.2, 0.25) is 5.91 Å². The molecule has 0 unspecified atom stereocenters. The van der Waals surface area contributed by atoms with E-state index >= 15 is 0 Å². The number of amides is 1. The summed E-state index contributed by atoms with van der Waals surface area (Å²) in [5, 5.41) is 5.80. The lowest BCUT2D eigenvalue weighted by Gasteiger charge is -2.33. The number of aryl methyl sites for hydroxylation is 2. The van der Waals surface area contributed by atoms with Crippen LogP contribution < -0.4 is 0 Å². The molecule has 3 aromatic rings. The third-order valence-electron chi connectivity index (χ3n) is 6.28. The van der Waals surface area contributed by atoms with Crippen molar-refractivity contribution in [1.82, 2.24) is 19.5 Å². The highest BCUT2D eigenvalue weighted by Gasteiger charge is 2.24. The number of hydrogen-bond donors (Lipinski definition) is 0. The maximum atomic E-state index is 13.0. The zero-order valence-electron chi connectivity index (χ0n) is 17.2. The molecular formula is C23H30N4O. The summed E-state index contributed by atoms with van der Waals surface area (Å²) in [5.74, 6) is 0.277. The summed E-state index contributed by atoms with van der Waals surface area (Å²) in [7, 11) is 0. The van der Waals surface area contributed by atoms with Gasteiger partial charge in [-0.25, -0.2) is 9.50 Å². The summed E-state index contributed by atoms with van der Waals surface area (Å²) in [4.78, 5) is 19.9. The second-order valence-corrected chi connectivity index (χ2v) is 7.99. The minimum atomic E-state index is 0.277. The van der Waals surface area contributed by atoms with Crippen LogP contribution in [0.3, 0.4) is 0 Å². The molecule has 0 bridgehead atoms. The third-order valence-corrected chi connectivity index (χ3v) is 6.28. The van der Waals surface area contributed by atoms with Gasteiger partial charge < -0.3 is 4.90 Å². The van der Waals surface area contributed by atoms with Crippen LogP contribution in [0.2, 0.25) is 0 Å². The molecule has 1 saturated carbocycles. The lowest BCUT2D eigenvalue weighted by molar-refractivity contribution is -0.133. The van der Waals surface area contributed by atoms with Gasteiger partial charge in [-0.15, -0.1) is 0 Å². The summed E-state index contributed by atoms with van der Waals surface area (Å²) < 4.78 is 1.94. The molecular weight excluding hydrogens is 348 g/mol. The van der Waals surface area contributed by atoms with Crippen LogP contribution in [0.4, 0.5) is 0 Å². The number of carbonyl (C=O) groups is 1. The van der Waals surface area contributed by atoms with Crippen LogP contribution in [-0.4, -0.2) is 38.0 Å². The average Bonchev–Trinajstić information content (AvgIpc) is 3.08. The van der Waals surface area contributed by atoms with Crippen molar-refractivity contribution in [2.75, 3.05) is 6.54 Å². The van der Waals surface area contributed by atoms with Gasteiger partial charge in [-0.1, -0.05) is 31.4 Å². The molecule has 1 fully saturated rings. The second kappa shape index (κ2) is 7.90. The van der Waals surface area contributed by atoms with Crippen molar-refractivity contribution in [3.05, 3.63) is 41.2 Å². The highest BCUT2D eigenvalue weighted by atomic mass is 16.2. The predicted molar refractivity (Wildman–Crippen MR) is 113 cm³/mol. The smallest absolute Gasteiger partial charge is 0.223 e. The van der Waals surface area contributed by atoms with Crippen LogP contribution in [0.25, 0.3) is 16.6 Å². The van der Waals surface area contributed by atoms with Crippen molar-refractivity contribution in [2.45, 2.75) is 71.8 Å². The molecule has 1 aliphatic rings. The quantitative estimate of drug-likeness (QED) is 0.651. The molecule has 5 heteroatoms. The van der Waals surface area contributed by atoms with E-state index in [0.717, 1.165) is 59.3 Å². The number of carbonyl (C=O) groups excluding carboxylic acids is 1. The molecule has 0 atom stereocenters. The molecule has 4 rings (SSSR count). The van der Waals surface area contributed by atoms with E-state index < -0.39 is 0 Å². The Kier molecular flexibility index (Phi) is 5.33. The minimum Gasteiger partial charge on any atom is -0.340 e. The lowest BCUT2D eigenvalue weighted by Crippen LogP contribution is -2.41. The maximum absolute atomic E-state index is 13.0. The highest BCUT2D eigenvalue weighted by Crippen LogP contribution is 2.25. The molecule has 0 spiro atoms. The molecule has 1 aliphatic carbocycles. The molecule has 0 aliphatic heterocycles. The first-order chi connectivity index (χ1) is 13.6. The van der Waals surface area contributed by atoms with Gasteiger partial charge in [-0.2, -0.15) is 5.10 Å². The molecule has 2 aromatic heterocycles. The molecule has 0 radical (unpaired) electrons. The molecule has 0 saturated heterocycles. The van der Waals surface area contributed by atoms with E-state index in [-0.39, 0.29) is 5.91 Å². The van der Waals surface area contributed by atoms with Gasteiger partial charge >= 0.3 is 0 Å². The van der Waals surface area contributed by atoms with Gasteiger partial charge in [0.25, 0.3) is 0 Å². The number of benzene rings is 1. The van der Waals surface area contributed by atoms with Crippen molar-refractivity contribution >= 4 is 22.5 Å². The van der Waals surface area contributed by atoms with Crippen molar-refractivity contribution in [2.24, 2.45) is 0 Å². The van der Waals surface area contributed by atoms with Crippen molar-refractivity contribution in [3.63, 3.8) is 0 Å². The summed E-state index contributed by atoms with van der Waals surface area (Å²) >= 11 is 0. The molecule has 148 valence electrons. The Balaban J connectivity index is 1.57. The fourth-order valence-electron chi connectivity index (χ4n) is 4.74. The zero-order chi connectivity index (χ0) is 19.7. The number of rotatable bonds is 5. The van der Waals surface area contributed by atoms with Crippen LogP contribution in [0.1, 0.15) is 62.4 Å². The van der Waals surface area contributed by atoms with Crippen molar-refractivity contribution in [3.8, 4) is 0 Å². The SMILES string of the molecule is CCN(C(=O)CCc1c(C)nc2c3ccccc3nn2c1C)C1CCCCC1. The number of fused-ring (bicyclic) bond motifs is 3. The van der Waals surface area contributed by atoms with Crippen LogP contribution in [0.5, 0.6) is 0 Å². The van der Waals surface area contributed by atoms with Crippen molar-refractivity contribution < 1.29 is 4.79 Å². The fraction of sp³-hybridized carbons (Fsp3) is 0.522. The Labute approximate surface area is 166 Å². The van der Waals surface area contributed by atoms with Crippen LogP contribution in [0.15, 0.2) is 24.3 Å². The standard InChI is InChI=1S/C23H30N4O/c1-4-26(18-10-6-5-7-11-18)22(28)15-14-19-16(2)24-23-20-12-8-9-13-21(20)25-27(23)17(19)3/h8-9,12-13,18H,4-7,10-11,14-15H2,1-3H3. The Morgan fingerprint density at radius 2 is 1.93 bits per heavy atom. The Morgan fingerprint density at radius 1 is 1.18 bits per heavy atom. The first-order valence-corrected chi connectivity index (χ1v) is 10.6. The topological polar surface area (TPSA) is 50.5 Å². The van der Waals surface area contributed by atoms with E-state index in [9.17, 15) is 4.79 Å². The Bertz CT molecular complexity index is 1000. The molecule has 1 aromatic carbocycles. The van der Waals surface area contributed by atoms with E-state index in [2.05, 4.69) is 24.8 Å². The summed E-state index contributed by atoms with van der Waals surface area (Å²) in [6, 6.07) is 8.54. The summed E-state index contributed by atoms with van der Waals surface area (Å²) in [5.41, 5.74) is 5.10.